The van der Waals surface area contributed by atoms with Crippen LogP contribution in [0.15, 0.2) is 0 Å². The molecule has 0 rings (SSSR count). The van der Waals surface area contributed by atoms with Crippen molar-refractivity contribution in [3.8, 4) is 0 Å². The number of carbonyl (C=O) groups is 3. The Hall–Kier alpha value is -0.560. The van der Waals surface area contributed by atoms with Crippen molar-refractivity contribution < 1.29 is 83.6 Å². The average molecular weight is 329 g/mol. The standard InChI is InChI=1S/C6H8O7.H3N.Na.H3O4P/c7-3(8)1-6(13,5(11)12)2-4(9)10;;;1-5(2,3)4/h13H,1-2H2,(H,7,8)(H,9,10)(H,11,12);1H3;;(H3,1,2,3,4)/q;;+1;/p-1. The van der Waals surface area contributed by atoms with Crippen molar-refractivity contribution in [3.05, 3.63) is 0 Å². The summed E-state index contributed by atoms with van der Waals surface area (Å²) in [5.41, 5.74) is -2.74. The van der Waals surface area contributed by atoms with E-state index in [-0.39, 0.29) is 35.7 Å². The SMILES string of the molecule is N.O=C(O)CC(O)(CC(=O)O)C(=O)O.O=P([O-])(O)O.[Na+]. The first-order valence-electron chi connectivity index (χ1n) is 3.94. The average Bonchev–Trinajstić information content (AvgIpc) is 1.95. The summed E-state index contributed by atoms with van der Waals surface area (Å²) in [7, 11) is -4.89. The Kier molecular flexibility index (Phi) is 15.4. The first-order valence-corrected chi connectivity index (χ1v) is 5.47. The molecule has 20 heavy (non-hydrogen) atoms. The molecule has 0 bridgehead atoms. The molecule has 0 heterocycles. The van der Waals surface area contributed by atoms with Crippen LogP contribution in [-0.2, 0) is 18.9 Å². The van der Waals surface area contributed by atoms with Crippen LogP contribution in [0.3, 0.4) is 0 Å². The van der Waals surface area contributed by atoms with E-state index < -0.39 is 44.2 Å². The van der Waals surface area contributed by atoms with E-state index in [0.717, 1.165) is 0 Å². The van der Waals surface area contributed by atoms with Crippen molar-refractivity contribution >= 4 is 25.7 Å². The Morgan fingerprint density at radius 2 is 1.20 bits per heavy atom. The van der Waals surface area contributed by atoms with Crippen molar-refractivity contribution in [1.82, 2.24) is 6.15 Å². The van der Waals surface area contributed by atoms with Gasteiger partial charge in [0, 0.05) is 0 Å². The Morgan fingerprint density at radius 3 is 1.30 bits per heavy atom. The van der Waals surface area contributed by atoms with Crippen molar-refractivity contribution in [2.24, 2.45) is 0 Å². The van der Waals surface area contributed by atoms with Crippen LogP contribution in [0, 0.1) is 0 Å². The zero-order chi connectivity index (χ0) is 15.1. The minimum absolute atomic E-state index is 0. The molecule has 0 radical (unpaired) electrons. The predicted octanol–water partition coefficient (Wildman–Crippen LogP) is -5.64. The number of carboxylic acid groups (broad SMARTS) is 3. The second kappa shape index (κ2) is 11.1. The van der Waals surface area contributed by atoms with E-state index in [2.05, 4.69) is 0 Å². The molecule has 0 aromatic rings. The zero-order valence-electron chi connectivity index (χ0n) is 10.3. The van der Waals surface area contributed by atoms with Gasteiger partial charge in [0.05, 0.1) is 12.8 Å². The monoisotopic (exact) mass is 329 g/mol. The molecule has 14 heteroatoms. The maximum atomic E-state index is 10.3. The normalized spacial score (nSPS) is 10.0. The first-order chi connectivity index (χ1) is 7.78. The predicted molar refractivity (Wildman–Crippen MR) is 54.2 cm³/mol. The van der Waals surface area contributed by atoms with Gasteiger partial charge in [0.25, 0.3) is 7.82 Å². The topological polar surface area (TPSA) is 248 Å². The van der Waals surface area contributed by atoms with Crippen LogP contribution in [0.1, 0.15) is 12.8 Å². The Balaban J connectivity index is -0.000000158. The third-order valence-corrected chi connectivity index (χ3v) is 1.29. The van der Waals surface area contributed by atoms with Crippen LogP contribution in [-0.4, -0.2) is 53.7 Å². The fourth-order valence-corrected chi connectivity index (χ4v) is 0.714. The van der Waals surface area contributed by atoms with Gasteiger partial charge in [0.1, 0.15) is 0 Å². The molecular formula is C6H13NNaO11P. The molecule has 0 spiro atoms. The molecule has 0 aliphatic rings. The van der Waals surface area contributed by atoms with Gasteiger partial charge in [-0.2, -0.15) is 0 Å². The van der Waals surface area contributed by atoms with Gasteiger partial charge in [0.15, 0.2) is 5.60 Å². The summed E-state index contributed by atoms with van der Waals surface area (Å²) < 4.78 is 8.77. The molecule has 0 fully saturated rings. The maximum absolute atomic E-state index is 10.3. The number of phosphoric acid groups is 1. The summed E-state index contributed by atoms with van der Waals surface area (Å²) in [6, 6.07) is 0. The zero-order valence-corrected chi connectivity index (χ0v) is 13.2. The van der Waals surface area contributed by atoms with Gasteiger partial charge in [-0.15, -0.1) is 0 Å². The second-order valence-corrected chi connectivity index (χ2v) is 3.95. The fraction of sp³-hybridized carbons (Fsp3) is 0.500. The summed E-state index contributed by atoms with van der Waals surface area (Å²) in [5, 5.41) is 33.8. The Morgan fingerprint density at radius 1 is 1.00 bits per heavy atom. The summed E-state index contributed by atoms with van der Waals surface area (Å²) in [6.45, 7) is 0. The number of rotatable bonds is 5. The number of aliphatic carboxylic acids is 3. The van der Waals surface area contributed by atoms with Crippen LogP contribution in [0.25, 0.3) is 0 Å². The van der Waals surface area contributed by atoms with Crippen LogP contribution in [0.5, 0.6) is 0 Å². The molecule has 0 amide bonds. The van der Waals surface area contributed by atoms with Gasteiger partial charge in [0.2, 0.25) is 0 Å². The molecule has 0 unspecified atom stereocenters. The van der Waals surface area contributed by atoms with Gasteiger partial charge >= 0.3 is 47.5 Å². The number of hydrogen-bond acceptors (Lipinski definition) is 7. The third-order valence-electron chi connectivity index (χ3n) is 1.29. The van der Waals surface area contributed by atoms with Crippen molar-refractivity contribution in [3.63, 3.8) is 0 Å². The van der Waals surface area contributed by atoms with Crippen molar-refractivity contribution in [2.75, 3.05) is 0 Å². The molecule has 0 aliphatic heterocycles. The van der Waals surface area contributed by atoms with E-state index in [1.807, 2.05) is 0 Å². The molecule has 114 valence electrons. The van der Waals surface area contributed by atoms with Gasteiger partial charge in [-0.1, -0.05) is 0 Å². The Labute approximate surface area is 134 Å². The molecule has 0 saturated heterocycles. The smallest absolute Gasteiger partial charge is 0.756 e. The largest absolute Gasteiger partial charge is 1.00 e. The van der Waals surface area contributed by atoms with Crippen molar-refractivity contribution in [1.29, 1.82) is 0 Å². The van der Waals surface area contributed by atoms with E-state index in [1.165, 1.54) is 0 Å². The van der Waals surface area contributed by atoms with Crippen LogP contribution >= 0.6 is 7.82 Å². The van der Waals surface area contributed by atoms with Gasteiger partial charge < -0.3 is 41.3 Å². The fourth-order valence-electron chi connectivity index (χ4n) is 0.714. The quantitative estimate of drug-likeness (QED) is 0.184. The van der Waals surface area contributed by atoms with E-state index in [1.54, 1.807) is 0 Å². The minimum Gasteiger partial charge on any atom is -0.756 e. The third kappa shape index (κ3) is 19.8. The van der Waals surface area contributed by atoms with Gasteiger partial charge in [-0.3, -0.25) is 14.2 Å². The first kappa shape index (κ1) is 27.7. The molecule has 0 aromatic heterocycles. The van der Waals surface area contributed by atoms with E-state index in [9.17, 15) is 14.4 Å². The molecule has 9 N–H and O–H groups in total. The molecule has 0 aliphatic carbocycles. The molecular weight excluding hydrogens is 316 g/mol. The Bertz CT molecular complexity index is 355. The number of hydrogen-bond donors (Lipinski definition) is 7. The summed E-state index contributed by atoms with van der Waals surface area (Å²) >= 11 is 0. The van der Waals surface area contributed by atoms with Gasteiger partial charge in [-0.05, 0) is 0 Å². The number of carboxylic acids is 3. The van der Waals surface area contributed by atoms with E-state index in [4.69, 9.17) is 39.7 Å². The van der Waals surface area contributed by atoms with Gasteiger partial charge in [-0.25, -0.2) is 4.79 Å². The van der Waals surface area contributed by atoms with Crippen LogP contribution < -0.4 is 40.6 Å². The molecule has 0 atom stereocenters. The summed E-state index contributed by atoms with van der Waals surface area (Å²) in [5.74, 6) is -5.02. The van der Waals surface area contributed by atoms with Crippen LogP contribution in [0.4, 0.5) is 0 Å². The minimum atomic E-state index is -4.89. The summed E-state index contributed by atoms with van der Waals surface area (Å²) in [4.78, 5) is 53.4. The van der Waals surface area contributed by atoms with E-state index in [0.29, 0.717) is 0 Å². The number of aliphatic hydroxyl groups is 1. The van der Waals surface area contributed by atoms with Crippen molar-refractivity contribution in [2.45, 2.75) is 18.4 Å². The maximum Gasteiger partial charge on any atom is 1.00 e. The second-order valence-electron chi connectivity index (χ2n) is 2.97. The van der Waals surface area contributed by atoms with E-state index >= 15 is 0 Å². The van der Waals surface area contributed by atoms with Crippen LogP contribution in [0.2, 0.25) is 0 Å². The molecule has 0 aromatic carbocycles. The molecule has 0 saturated carbocycles. The summed E-state index contributed by atoms with van der Waals surface area (Å²) in [6.07, 6.45) is -2.29. The molecule has 12 nitrogen and oxygen atoms in total.